The van der Waals surface area contributed by atoms with Gasteiger partial charge in [-0.25, -0.2) is 24.2 Å². The standard InChI is InChI=1S/C22H23ClF2N10O/c1-12-11-33(13(2)36)3-4-34(12)17-6-14(7-26)5-16(19(17)23)30-21-31-20-15(8-27)9-29-35(20)22(32-21)28-10-18(24)25/h5-6,12,18,29H,3-4,9-11H2,1-2H3,(H2,28,30,31,32). The Hall–Kier alpha value is -3.94. The predicted molar refractivity (Wildman–Crippen MR) is 130 cm³/mol. The van der Waals surface area contributed by atoms with Crippen molar-refractivity contribution in [3.05, 3.63) is 34.1 Å². The van der Waals surface area contributed by atoms with E-state index in [0.29, 0.717) is 53.0 Å². The molecule has 36 heavy (non-hydrogen) atoms. The van der Waals surface area contributed by atoms with Gasteiger partial charge in [0.25, 0.3) is 6.43 Å². The van der Waals surface area contributed by atoms with E-state index in [1.165, 1.54) is 11.9 Å². The van der Waals surface area contributed by atoms with Gasteiger partial charge in [0.15, 0.2) is 0 Å². The third-order valence-corrected chi connectivity index (χ3v) is 6.29. The van der Waals surface area contributed by atoms with Gasteiger partial charge in [0.05, 0.1) is 46.2 Å². The predicted octanol–water partition coefficient (Wildman–Crippen LogP) is 1.82. The molecule has 1 saturated heterocycles. The number of rotatable bonds is 4. The van der Waals surface area contributed by atoms with Crippen LogP contribution in [0.2, 0.25) is 5.02 Å². The number of anilines is 2. The summed E-state index contributed by atoms with van der Waals surface area (Å²) in [4.78, 5) is 23.7. The Kier molecular flexibility index (Phi) is 7.24. The lowest BCUT2D eigenvalue weighted by molar-refractivity contribution is -0.129. The van der Waals surface area contributed by atoms with Gasteiger partial charge in [0, 0.05) is 32.6 Å². The van der Waals surface area contributed by atoms with Crippen molar-refractivity contribution < 1.29 is 13.6 Å². The highest BCUT2D eigenvalue weighted by molar-refractivity contribution is 6.36. The molecule has 188 valence electrons. The second-order valence-electron chi connectivity index (χ2n) is 8.33. The number of piperazine rings is 1. The minimum absolute atomic E-state index is 0.00656. The first-order valence-electron chi connectivity index (χ1n) is 11.1. The van der Waals surface area contributed by atoms with Gasteiger partial charge in [-0.15, -0.1) is 0 Å². The maximum atomic E-state index is 12.8. The van der Waals surface area contributed by atoms with Gasteiger partial charge in [-0.05, 0) is 19.1 Å². The molecule has 3 aliphatic heterocycles. The van der Waals surface area contributed by atoms with Crippen molar-refractivity contribution in [2.75, 3.05) is 42.9 Å². The molecule has 1 aromatic rings. The molecule has 1 amide bonds. The van der Waals surface area contributed by atoms with Crippen molar-refractivity contribution in [1.29, 1.82) is 10.5 Å². The Labute approximate surface area is 211 Å². The Balaban J connectivity index is 1.68. The number of nitriles is 2. The normalized spacial score (nSPS) is 20.7. The molecule has 0 aliphatic carbocycles. The van der Waals surface area contributed by atoms with Crippen molar-refractivity contribution in [1.82, 2.24) is 20.7 Å². The molecule has 1 unspecified atom stereocenters. The van der Waals surface area contributed by atoms with E-state index < -0.39 is 13.0 Å². The van der Waals surface area contributed by atoms with Crippen LogP contribution in [0.1, 0.15) is 19.4 Å². The van der Waals surface area contributed by atoms with Gasteiger partial charge in [-0.1, -0.05) is 11.6 Å². The largest absolute Gasteiger partial charge is 0.364 e. The van der Waals surface area contributed by atoms with Crippen molar-refractivity contribution in [3.63, 3.8) is 0 Å². The summed E-state index contributed by atoms with van der Waals surface area (Å²) in [5.74, 6) is 0.347. The second-order valence-corrected chi connectivity index (χ2v) is 8.71. The van der Waals surface area contributed by atoms with Crippen LogP contribution >= 0.6 is 11.6 Å². The molecular formula is C22H23ClF2N10O. The number of hydrogen-bond acceptors (Lipinski definition) is 8. The van der Waals surface area contributed by atoms with Crippen LogP contribution in [-0.4, -0.2) is 72.9 Å². The summed E-state index contributed by atoms with van der Waals surface area (Å²) in [5, 5.41) is 26.7. The zero-order valence-electron chi connectivity index (χ0n) is 19.5. The first-order valence-corrected chi connectivity index (χ1v) is 11.5. The average molecular weight is 517 g/mol. The third kappa shape index (κ3) is 5.03. The number of fused-ring (bicyclic) bond motifs is 1. The molecule has 0 aromatic heterocycles. The minimum atomic E-state index is -2.67. The minimum Gasteiger partial charge on any atom is -0.364 e. The van der Waals surface area contributed by atoms with Crippen LogP contribution < -0.4 is 21.0 Å². The van der Waals surface area contributed by atoms with E-state index in [4.69, 9.17) is 11.6 Å². The van der Waals surface area contributed by atoms with Crippen LogP contribution in [0.15, 0.2) is 33.5 Å². The van der Waals surface area contributed by atoms with Gasteiger partial charge in [0.2, 0.25) is 17.8 Å². The van der Waals surface area contributed by atoms with E-state index in [-0.39, 0.29) is 30.4 Å². The molecule has 3 N–H and O–H groups in total. The highest BCUT2D eigenvalue weighted by atomic mass is 35.5. The molecule has 0 bridgehead atoms. The molecule has 1 aromatic carbocycles. The fourth-order valence-electron chi connectivity index (χ4n) is 4.16. The van der Waals surface area contributed by atoms with E-state index in [2.05, 4.69) is 38.2 Å². The fraction of sp³-hybridized carbons (Fsp3) is 0.409. The molecule has 14 heteroatoms. The molecular weight excluding hydrogens is 494 g/mol. The maximum Gasteiger partial charge on any atom is 0.257 e. The molecule has 3 heterocycles. The van der Waals surface area contributed by atoms with E-state index in [1.807, 2.05) is 11.8 Å². The maximum absolute atomic E-state index is 12.8. The van der Waals surface area contributed by atoms with Crippen LogP contribution in [0.3, 0.4) is 0 Å². The SMILES string of the molecule is CC(=O)N1CCN(c2cc(C#N)cc(NC3=NC(=NCC(F)F)N4NCC(C#N)=C4N3)c2Cl)C(C)C1. The molecule has 4 rings (SSSR count). The van der Waals surface area contributed by atoms with Gasteiger partial charge >= 0.3 is 0 Å². The number of carbonyl (C=O) groups excluding carboxylic acids is 1. The van der Waals surface area contributed by atoms with Gasteiger partial charge < -0.3 is 20.4 Å². The lowest BCUT2D eigenvalue weighted by atomic mass is 10.1. The lowest BCUT2D eigenvalue weighted by Crippen LogP contribution is -2.53. The Bertz CT molecular complexity index is 1250. The summed E-state index contributed by atoms with van der Waals surface area (Å²) < 4.78 is 25.6. The number of amides is 1. The topological polar surface area (TPSA) is 135 Å². The summed E-state index contributed by atoms with van der Waals surface area (Å²) in [6.07, 6.45) is -2.67. The summed E-state index contributed by atoms with van der Waals surface area (Å²) in [7, 11) is 0. The Morgan fingerprint density at radius 3 is 2.78 bits per heavy atom. The summed E-state index contributed by atoms with van der Waals surface area (Å²) in [6, 6.07) is 7.34. The zero-order chi connectivity index (χ0) is 26.0. The van der Waals surface area contributed by atoms with E-state index >= 15 is 0 Å². The van der Waals surface area contributed by atoms with Crippen molar-refractivity contribution in [2.24, 2.45) is 9.98 Å². The quantitative estimate of drug-likeness (QED) is 0.551. The molecule has 0 saturated carbocycles. The molecule has 1 atom stereocenters. The highest BCUT2D eigenvalue weighted by Crippen LogP contribution is 2.36. The van der Waals surface area contributed by atoms with Crippen molar-refractivity contribution >= 4 is 40.8 Å². The summed E-state index contributed by atoms with van der Waals surface area (Å²) in [6.45, 7) is 4.45. The van der Waals surface area contributed by atoms with Crippen LogP contribution in [0.5, 0.6) is 0 Å². The Morgan fingerprint density at radius 2 is 2.14 bits per heavy atom. The monoisotopic (exact) mass is 516 g/mol. The van der Waals surface area contributed by atoms with Crippen molar-refractivity contribution in [3.8, 4) is 12.1 Å². The molecule has 0 radical (unpaired) electrons. The number of nitrogens with one attached hydrogen (secondary N) is 3. The van der Waals surface area contributed by atoms with Crippen molar-refractivity contribution in [2.45, 2.75) is 26.3 Å². The van der Waals surface area contributed by atoms with E-state index in [1.54, 1.807) is 17.0 Å². The first kappa shape index (κ1) is 25.2. The van der Waals surface area contributed by atoms with E-state index in [0.717, 1.165) is 0 Å². The number of guanidine groups is 2. The number of carbonyl (C=O) groups is 1. The first-order chi connectivity index (χ1) is 17.2. The summed E-state index contributed by atoms with van der Waals surface area (Å²) >= 11 is 6.77. The summed E-state index contributed by atoms with van der Waals surface area (Å²) in [5.41, 5.74) is 4.51. The zero-order valence-corrected chi connectivity index (χ0v) is 20.3. The smallest absolute Gasteiger partial charge is 0.257 e. The van der Waals surface area contributed by atoms with Crippen LogP contribution in [0.25, 0.3) is 0 Å². The van der Waals surface area contributed by atoms with Crippen LogP contribution in [-0.2, 0) is 4.79 Å². The van der Waals surface area contributed by atoms with Gasteiger partial charge in [-0.2, -0.15) is 15.5 Å². The number of alkyl halides is 2. The molecule has 1 fully saturated rings. The molecule has 11 nitrogen and oxygen atoms in total. The fourth-order valence-corrected chi connectivity index (χ4v) is 4.42. The number of halogens is 3. The van der Waals surface area contributed by atoms with Crippen LogP contribution in [0, 0.1) is 22.7 Å². The third-order valence-electron chi connectivity index (χ3n) is 5.90. The number of benzene rings is 1. The lowest BCUT2D eigenvalue weighted by Gasteiger charge is -2.41. The highest BCUT2D eigenvalue weighted by Gasteiger charge is 2.32. The second kappa shape index (κ2) is 10.4. The van der Waals surface area contributed by atoms with Crippen LogP contribution in [0.4, 0.5) is 20.2 Å². The Morgan fingerprint density at radius 1 is 1.36 bits per heavy atom. The number of aliphatic imine (C=N–C) groups is 2. The number of nitrogens with zero attached hydrogens (tertiary/aromatic N) is 7. The molecule has 0 spiro atoms. The molecule has 3 aliphatic rings. The number of hydrazine groups is 1. The van der Waals surface area contributed by atoms with Gasteiger partial charge in [0.1, 0.15) is 12.4 Å². The van der Waals surface area contributed by atoms with Gasteiger partial charge in [-0.3, -0.25) is 4.79 Å². The number of hydrogen-bond donors (Lipinski definition) is 3. The average Bonchev–Trinajstić information content (AvgIpc) is 3.27. The van der Waals surface area contributed by atoms with E-state index in [9.17, 15) is 24.1 Å².